The number of nitrogens with zero attached hydrogens (tertiary/aromatic N) is 1. The van der Waals surface area contributed by atoms with E-state index in [9.17, 15) is 4.79 Å². The second kappa shape index (κ2) is 6.26. The standard InChI is InChI=1S/C18H15NO3/c1-13-7-9-15(10-8-13)21-12-17(20)22-16-6-2-4-14-5-3-11-19-18(14)16/h2-11H,12H2,1H3. The number of rotatable bonds is 4. The molecule has 0 aliphatic rings. The van der Waals surface area contributed by atoms with Gasteiger partial charge < -0.3 is 9.47 Å². The van der Waals surface area contributed by atoms with Gasteiger partial charge in [0, 0.05) is 11.6 Å². The summed E-state index contributed by atoms with van der Waals surface area (Å²) in [5.41, 5.74) is 1.80. The fourth-order valence-electron chi connectivity index (χ4n) is 2.09. The molecule has 0 amide bonds. The number of hydrogen-bond acceptors (Lipinski definition) is 4. The Morgan fingerprint density at radius 2 is 1.82 bits per heavy atom. The van der Waals surface area contributed by atoms with Crippen LogP contribution >= 0.6 is 0 Å². The van der Waals surface area contributed by atoms with E-state index in [4.69, 9.17) is 9.47 Å². The molecule has 22 heavy (non-hydrogen) atoms. The van der Waals surface area contributed by atoms with Crippen molar-refractivity contribution in [2.75, 3.05) is 6.61 Å². The minimum absolute atomic E-state index is 0.147. The lowest BCUT2D eigenvalue weighted by molar-refractivity contribution is -0.136. The predicted molar refractivity (Wildman–Crippen MR) is 84.1 cm³/mol. The molecule has 1 aromatic heterocycles. The van der Waals surface area contributed by atoms with Crippen LogP contribution in [0.1, 0.15) is 5.56 Å². The lowest BCUT2D eigenvalue weighted by atomic mass is 10.2. The van der Waals surface area contributed by atoms with E-state index in [0.717, 1.165) is 10.9 Å². The highest BCUT2D eigenvalue weighted by atomic mass is 16.6. The van der Waals surface area contributed by atoms with Crippen LogP contribution in [0.5, 0.6) is 11.5 Å². The first-order chi connectivity index (χ1) is 10.7. The van der Waals surface area contributed by atoms with Crippen molar-refractivity contribution in [2.45, 2.75) is 6.92 Å². The minimum Gasteiger partial charge on any atom is -0.482 e. The average Bonchev–Trinajstić information content (AvgIpc) is 2.55. The number of esters is 1. The van der Waals surface area contributed by atoms with Gasteiger partial charge in [-0.15, -0.1) is 0 Å². The molecule has 0 fully saturated rings. The number of para-hydroxylation sites is 1. The van der Waals surface area contributed by atoms with Gasteiger partial charge in [-0.2, -0.15) is 0 Å². The molecule has 0 saturated heterocycles. The summed E-state index contributed by atoms with van der Waals surface area (Å²) in [5.74, 6) is 0.618. The molecule has 0 atom stereocenters. The number of fused-ring (bicyclic) bond motifs is 1. The molecule has 0 aliphatic heterocycles. The third-order valence-corrected chi connectivity index (χ3v) is 3.20. The van der Waals surface area contributed by atoms with Crippen molar-refractivity contribution in [1.29, 1.82) is 0 Å². The molecule has 1 heterocycles. The largest absolute Gasteiger partial charge is 0.482 e. The topological polar surface area (TPSA) is 48.4 Å². The maximum Gasteiger partial charge on any atom is 0.349 e. The van der Waals surface area contributed by atoms with Crippen molar-refractivity contribution in [1.82, 2.24) is 4.98 Å². The summed E-state index contributed by atoms with van der Waals surface area (Å²) in [6, 6.07) is 16.7. The quantitative estimate of drug-likeness (QED) is 0.545. The summed E-state index contributed by atoms with van der Waals surface area (Å²) in [4.78, 5) is 16.2. The summed E-state index contributed by atoms with van der Waals surface area (Å²) >= 11 is 0. The van der Waals surface area contributed by atoms with Gasteiger partial charge in [-0.3, -0.25) is 4.98 Å². The molecule has 0 N–H and O–H groups in total. The molecule has 4 heteroatoms. The predicted octanol–water partition coefficient (Wildman–Crippen LogP) is 3.53. The summed E-state index contributed by atoms with van der Waals surface area (Å²) in [6.07, 6.45) is 1.67. The van der Waals surface area contributed by atoms with Crippen LogP contribution in [-0.2, 0) is 4.79 Å². The molecule has 0 aliphatic carbocycles. The average molecular weight is 293 g/mol. The number of pyridine rings is 1. The Balaban J connectivity index is 1.67. The zero-order chi connectivity index (χ0) is 15.4. The molecule has 0 saturated carbocycles. The van der Waals surface area contributed by atoms with Gasteiger partial charge in [-0.1, -0.05) is 35.9 Å². The Hall–Kier alpha value is -2.88. The zero-order valence-electron chi connectivity index (χ0n) is 12.2. The lowest BCUT2D eigenvalue weighted by Crippen LogP contribution is -2.17. The van der Waals surface area contributed by atoms with Gasteiger partial charge >= 0.3 is 5.97 Å². The summed E-state index contributed by atoms with van der Waals surface area (Å²) in [5, 5.41) is 0.923. The number of aryl methyl sites for hydroxylation is 1. The fraction of sp³-hybridized carbons (Fsp3) is 0.111. The maximum absolute atomic E-state index is 11.9. The number of carbonyl (C=O) groups excluding carboxylic acids is 1. The van der Waals surface area contributed by atoms with E-state index in [2.05, 4.69) is 4.98 Å². The van der Waals surface area contributed by atoms with E-state index in [1.54, 1.807) is 12.3 Å². The molecule has 3 aromatic rings. The molecule has 0 unspecified atom stereocenters. The number of benzene rings is 2. The number of carbonyl (C=O) groups is 1. The first kappa shape index (κ1) is 14.1. The SMILES string of the molecule is Cc1ccc(OCC(=O)Oc2cccc3cccnc23)cc1. The van der Waals surface area contributed by atoms with Crippen molar-refractivity contribution < 1.29 is 14.3 Å². The van der Waals surface area contributed by atoms with Crippen LogP contribution in [0.25, 0.3) is 10.9 Å². The van der Waals surface area contributed by atoms with E-state index < -0.39 is 5.97 Å². The second-order valence-corrected chi connectivity index (χ2v) is 4.91. The third-order valence-electron chi connectivity index (χ3n) is 3.20. The van der Waals surface area contributed by atoms with Gasteiger partial charge in [-0.25, -0.2) is 4.79 Å². The van der Waals surface area contributed by atoms with Crippen molar-refractivity contribution >= 4 is 16.9 Å². The maximum atomic E-state index is 11.9. The molecular formula is C18H15NO3. The highest BCUT2D eigenvalue weighted by molar-refractivity contribution is 5.87. The summed E-state index contributed by atoms with van der Waals surface area (Å²) in [7, 11) is 0. The smallest absolute Gasteiger partial charge is 0.349 e. The third kappa shape index (κ3) is 3.23. The van der Waals surface area contributed by atoms with E-state index >= 15 is 0 Å². The van der Waals surface area contributed by atoms with E-state index in [0.29, 0.717) is 17.0 Å². The van der Waals surface area contributed by atoms with Crippen LogP contribution < -0.4 is 9.47 Å². The Bertz CT molecular complexity index is 792. The Morgan fingerprint density at radius 1 is 1.05 bits per heavy atom. The Labute approximate surface area is 128 Å². The van der Waals surface area contributed by atoms with Crippen molar-refractivity contribution in [3.8, 4) is 11.5 Å². The first-order valence-corrected chi connectivity index (χ1v) is 6.96. The van der Waals surface area contributed by atoms with Gasteiger partial charge in [0.1, 0.15) is 11.3 Å². The van der Waals surface area contributed by atoms with Crippen LogP contribution in [0.4, 0.5) is 0 Å². The van der Waals surface area contributed by atoms with E-state index in [-0.39, 0.29) is 6.61 Å². The van der Waals surface area contributed by atoms with Gasteiger partial charge in [0.2, 0.25) is 0 Å². The lowest BCUT2D eigenvalue weighted by Gasteiger charge is -2.08. The number of aromatic nitrogens is 1. The van der Waals surface area contributed by atoms with E-state index in [1.165, 1.54) is 0 Å². The molecule has 0 radical (unpaired) electrons. The van der Waals surface area contributed by atoms with Crippen LogP contribution in [0, 0.1) is 6.92 Å². The monoisotopic (exact) mass is 293 g/mol. The van der Waals surface area contributed by atoms with Crippen LogP contribution in [0.2, 0.25) is 0 Å². The normalized spacial score (nSPS) is 10.4. The van der Waals surface area contributed by atoms with Crippen LogP contribution in [0.3, 0.4) is 0 Å². The van der Waals surface area contributed by atoms with Crippen molar-refractivity contribution in [3.05, 3.63) is 66.4 Å². The van der Waals surface area contributed by atoms with Gasteiger partial charge in [0.25, 0.3) is 0 Å². The molecule has 0 bridgehead atoms. The Morgan fingerprint density at radius 3 is 2.64 bits per heavy atom. The molecule has 4 nitrogen and oxygen atoms in total. The molecular weight excluding hydrogens is 278 g/mol. The van der Waals surface area contributed by atoms with Gasteiger partial charge in [-0.05, 0) is 31.2 Å². The van der Waals surface area contributed by atoms with Crippen molar-refractivity contribution in [3.63, 3.8) is 0 Å². The van der Waals surface area contributed by atoms with E-state index in [1.807, 2.05) is 55.5 Å². The number of hydrogen-bond donors (Lipinski definition) is 0. The first-order valence-electron chi connectivity index (χ1n) is 6.96. The summed E-state index contributed by atoms with van der Waals surface area (Å²) in [6.45, 7) is 1.85. The minimum atomic E-state index is -0.460. The van der Waals surface area contributed by atoms with Crippen molar-refractivity contribution in [2.24, 2.45) is 0 Å². The summed E-state index contributed by atoms with van der Waals surface area (Å²) < 4.78 is 10.8. The fourth-order valence-corrected chi connectivity index (χ4v) is 2.09. The highest BCUT2D eigenvalue weighted by Crippen LogP contribution is 2.23. The van der Waals surface area contributed by atoms with Gasteiger partial charge in [0.05, 0.1) is 0 Å². The molecule has 0 spiro atoms. The van der Waals surface area contributed by atoms with Crippen LogP contribution in [0.15, 0.2) is 60.8 Å². The second-order valence-electron chi connectivity index (χ2n) is 4.91. The zero-order valence-corrected chi connectivity index (χ0v) is 12.2. The molecule has 2 aromatic carbocycles. The molecule has 110 valence electrons. The highest BCUT2D eigenvalue weighted by Gasteiger charge is 2.09. The number of ether oxygens (including phenoxy) is 2. The van der Waals surface area contributed by atoms with Crippen LogP contribution in [-0.4, -0.2) is 17.6 Å². The Kier molecular flexibility index (Phi) is 4.01. The van der Waals surface area contributed by atoms with Gasteiger partial charge in [0.15, 0.2) is 12.4 Å². The molecule has 3 rings (SSSR count).